The third-order valence-corrected chi connectivity index (χ3v) is 3.27. The first-order valence-corrected chi connectivity index (χ1v) is 6.39. The average Bonchev–Trinajstić information content (AvgIpc) is 2.48. The molecule has 3 aromatic rings. The van der Waals surface area contributed by atoms with Crippen LogP contribution in [0.25, 0.3) is 22.3 Å². The predicted molar refractivity (Wildman–Crippen MR) is 79.4 cm³/mol. The number of aromatic amines is 1. The van der Waals surface area contributed by atoms with Crippen LogP contribution in [0.1, 0.15) is 0 Å². The van der Waals surface area contributed by atoms with Gasteiger partial charge >= 0.3 is 0 Å². The molecule has 2 aromatic carbocycles. The van der Waals surface area contributed by atoms with E-state index >= 15 is 0 Å². The third kappa shape index (κ3) is 2.26. The lowest BCUT2D eigenvalue weighted by atomic mass is 10.2. The zero-order valence-corrected chi connectivity index (χ0v) is 11.4. The average molecular weight is 287 g/mol. The zero-order chi connectivity index (χ0) is 14.1. The minimum absolute atomic E-state index is 0.205. The van der Waals surface area contributed by atoms with E-state index in [0.29, 0.717) is 21.7 Å². The van der Waals surface area contributed by atoms with Gasteiger partial charge in [-0.3, -0.25) is 4.79 Å². The zero-order valence-electron chi connectivity index (χ0n) is 10.7. The monoisotopic (exact) mass is 286 g/mol. The largest absolute Gasteiger partial charge is 0.497 e. The number of ether oxygens (including phenoxy) is 1. The standard InChI is InChI=1S/C15H11ClN2O2/c1-20-11-5-2-9(3-6-11)14-17-13-7-4-10(16)8-12(13)15(19)18-14/h2-8H,1H3,(H,17,18,19). The molecule has 0 aliphatic rings. The molecular weight excluding hydrogens is 276 g/mol. The van der Waals surface area contributed by atoms with Crippen LogP contribution in [-0.4, -0.2) is 17.1 Å². The van der Waals surface area contributed by atoms with Gasteiger partial charge in [0.25, 0.3) is 5.56 Å². The molecule has 0 saturated carbocycles. The Bertz CT molecular complexity index is 825. The summed E-state index contributed by atoms with van der Waals surface area (Å²) in [4.78, 5) is 19.3. The molecule has 0 saturated heterocycles. The molecule has 0 aliphatic carbocycles. The molecule has 5 heteroatoms. The number of nitrogens with zero attached hydrogens (tertiary/aromatic N) is 1. The highest BCUT2D eigenvalue weighted by Crippen LogP contribution is 2.21. The summed E-state index contributed by atoms with van der Waals surface area (Å²) in [7, 11) is 1.61. The number of hydrogen-bond acceptors (Lipinski definition) is 3. The van der Waals surface area contributed by atoms with Gasteiger partial charge in [-0.2, -0.15) is 0 Å². The van der Waals surface area contributed by atoms with Crippen LogP contribution >= 0.6 is 11.6 Å². The summed E-state index contributed by atoms with van der Waals surface area (Å²) < 4.78 is 5.11. The van der Waals surface area contributed by atoms with Gasteiger partial charge in [0.15, 0.2) is 0 Å². The lowest BCUT2D eigenvalue weighted by Crippen LogP contribution is -2.09. The van der Waals surface area contributed by atoms with Gasteiger partial charge in [0, 0.05) is 10.6 Å². The second kappa shape index (κ2) is 4.98. The van der Waals surface area contributed by atoms with Crippen molar-refractivity contribution < 1.29 is 4.74 Å². The van der Waals surface area contributed by atoms with Crippen LogP contribution in [0.5, 0.6) is 5.75 Å². The Morgan fingerprint density at radius 3 is 2.60 bits per heavy atom. The van der Waals surface area contributed by atoms with Gasteiger partial charge in [-0.25, -0.2) is 4.98 Å². The Morgan fingerprint density at radius 2 is 1.90 bits per heavy atom. The molecule has 0 spiro atoms. The van der Waals surface area contributed by atoms with Crippen molar-refractivity contribution in [1.82, 2.24) is 9.97 Å². The van der Waals surface area contributed by atoms with E-state index in [4.69, 9.17) is 16.3 Å². The molecule has 1 heterocycles. The Labute approximate surface area is 120 Å². The second-order valence-corrected chi connectivity index (χ2v) is 4.74. The molecule has 0 fully saturated rings. The van der Waals surface area contributed by atoms with E-state index in [1.807, 2.05) is 24.3 Å². The lowest BCUT2D eigenvalue weighted by molar-refractivity contribution is 0.415. The van der Waals surface area contributed by atoms with Gasteiger partial charge in [-0.15, -0.1) is 0 Å². The van der Waals surface area contributed by atoms with Crippen LogP contribution in [0, 0.1) is 0 Å². The van der Waals surface area contributed by atoms with Crippen molar-refractivity contribution in [2.45, 2.75) is 0 Å². The minimum atomic E-state index is -0.205. The Morgan fingerprint density at radius 1 is 1.15 bits per heavy atom. The van der Waals surface area contributed by atoms with Crippen molar-refractivity contribution in [3.05, 3.63) is 57.8 Å². The number of methoxy groups -OCH3 is 1. The fourth-order valence-corrected chi connectivity index (χ4v) is 2.17. The minimum Gasteiger partial charge on any atom is -0.497 e. The quantitative estimate of drug-likeness (QED) is 0.787. The van der Waals surface area contributed by atoms with Gasteiger partial charge < -0.3 is 9.72 Å². The fraction of sp³-hybridized carbons (Fsp3) is 0.0667. The molecule has 0 unspecified atom stereocenters. The van der Waals surface area contributed by atoms with E-state index < -0.39 is 0 Å². The van der Waals surface area contributed by atoms with Crippen molar-refractivity contribution >= 4 is 22.5 Å². The first-order valence-electron chi connectivity index (χ1n) is 6.01. The number of hydrogen-bond donors (Lipinski definition) is 1. The van der Waals surface area contributed by atoms with Crippen LogP contribution in [0.2, 0.25) is 5.02 Å². The highest BCUT2D eigenvalue weighted by molar-refractivity contribution is 6.31. The molecule has 100 valence electrons. The van der Waals surface area contributed by atoms with E-state index in [2.05, 4.69) is 9.97 Å². The number of benzene rings is 2. The topological polar surface area (TPSA) is 55.0 Å². The molecule has 1 N–H and O–H groups in total. The normalized spacial score (nSPS) is 10.7. The number of fused-ring (bicyclic) bond motifs is 1. The molecule has 1 aromatic heterocycles. The highest BCUT2D eigenvalue weighted by Gasteiger charge is 2.06. The maximum absolute atomic E-state index is 12.1. The second-order valence-electron chi connectivity index (χ2n) is 4.30. The van der Waals surface area contributed by atoms with Crippen LogP contribution in [0.3, 0.4) is 0 Å². The van der Waals surface area contributed by atoms with Crippen LogP contribution in [-0.2, 0) is 0 Å². The Balaban J connectivity index is 2.16. The first kappa shape index (κ1) is 12.7. The lowest BCUT2D eigenvalue weighted by Gasteiger charge is -2.05. The maximum Gasteiger partial charge on any atom is 0.259 e. The SMILES string of the molecule is COc1ccc(-c2nc3ccc(Cl)cc3c(=O)[nH]2)cc1. The van der Waals surface area contributed by atoms with Crippen LogP contribution in [0.15, 0.2) is 47.3 Å². The smallest absolute Gasteiger partial charge is 0.259 e. The molecule has 20 heavy (non-hydrogen) atoms. The Hall–Kier alpha value is -2.33. The number of H-pyrrole nitrogens is 1. The third-order valence-electron chi connectivity index (χ3n) is 3.03. The van der Waals surface area contributed by atoms with Crippen molar-refractivity contribution in [3.63, 3.8) is 0 Å². The summed E-state index contributed by atoms with van der Waals surface area (Å²) in [6, 6.07) is 12.4. The molecule has 3 rings (SSSR count). The first-order chi connectivity index (χ1) is 9.67. The van der Waals surface area contributed by atoms with Crippen molar-refractivity contribution in [2.75, 3.05) is 7.11 Å². The van der Waals surface area contributed by atoms with Crippen molar-refractivity contribution in [2.24, 2.45) is 0 Å². The molecule has 0 radical (unpaired) electrons. The fourth-order valence-electron chi connectivity index (χ4n) is 2.00. The summed E-state index contributed by atoms with van der Waals surface area (Å²) in [6.07, 6.45) is 0. The van der Waals surface area contributed by atoms with E-state index in [9.17, 15) is 4.79 Å². The molecule has 0 atom stereocenters. The van der Waals surface area contributed by atoms with Gasteiger partial charge in [0.05, 0.1) is 18.0 Å². The number of halogens is 1. The number of rotatable bonds is 2. The van der Waals surface area contributed by atoms with Gasteiger partial charge in [0.1, 0.15) is 11.6 Å². The van der Waals surface area contributed by atoms with Gasteiger partial charge in [0.2, 0.25) is 0 Å². The molecular formula is C15H11ClN2O2. The number of nitrogens with one attached hydrogen (secondary N) is 1. The Kier molecular flexibility index (Phi) is 3.16. The van der Waals surface area contributed by atoms with Crippen LogP contribution < -0.4 is 10.3 Å². The van der Waals surface area contributed by atoms with E-state index in [0.717, 1.165) is 11.3 Å². The molecule has 0 amide bonds. The van der Waals surface area contributed by atoms with E-state index in [1.54, 1.807) is 25.3 Å². The molecule has 0 aliphatic heterocycles. The molecule has 4 nitrogen and oxygen atoms in total. The summed E-state index contributed by atoms with van der Waals surface area (Å²) in [5.41, 5.74) is 1.23. The molecule has 0 bridgehead atoms. The maximum atomic E-state index is 12.1. The summed E-state index contributed by atoms with van der Waals surface area (Å²) in [5, 5.41) is 0.997. The van der Waals surface area contributed by atoms with Crippen LogP contribution in [0.4, 0.5) is 0 Å². The van der Waals surface area contributed by atoms with Gasteiger partial charge in [-0.1, -0.05) is 11.6 Å². The van der Waals surface area contributed by atoms with Gasteiger partial charge in [-0.05, 0) is 42.5 Å². The highest BCUT2D eigenvalue weighted by atomic mass is 35.5. The van der Waals surface area contributed by atoms with Crippen molar-refractivity contribution in [1.29, 1.82) is 0 Å². The van der Waals surface area contributed by atoms with E-state index in [-0.39, 0.29) is 5.56 Å². The number of aromatic nitrogens is 2. The van der Waals surface area contributed by atoms with E-state index in [1.165, 1.54) is 0 Å². The summed E-state index contributed by atoms with van der Waals surface area (Å²) in [5.74, 6) is 1.27. The van der Waals surface area contributed by atoms with Crippen molar-refractivity contribution in [3.8, 4) is 17.1 Å². The summed E-state index contributed by atoms with van der Waals surface area (Å²) in [6.45, 7) is 0. The summed E-state index contributed by atoms with van der Waals surface area (Å²) >= 11 is 5.89. The predicted octanol–water partition coefficient (Wildman–Crippen LogP) is 3.25.